The Labute approximate surface area is 143 Å². The molecule has 1 fully saturated rings. The largest absolute Gasteiger partial charge is 0.494 e. The van der Waals surface area contributed by atoms with E-state index in [2.05, 4.69) is 60.7 Å². The molecule has 3 aromatic carbocycles. The van der Waals surface area contributed by atoms with Crippen molar-refractivity contribution in [2.45, 2.75) is 12.0 Å². The lowest BCUT2D eigenvalue weighted by Gasteiger charge is -2.36. The minimum Gasteiger partial charge on any atom is -0.407 e. The van der Waals surface area contributed by atoms with Crippen molar-refractivity contribution >= 4 is 12.6 Å². The predicted molar refractivity (Wildman–Crippen MR) is 97.2 cm³/mol. The van der Waals surface area contributed by atoms with Crippen molar-refractivity contribution in [3.63, 3.8) is 0 Å². The molecule has 3 heteroatoms. The van der Waals surface area contributed by atoms with E-state index in [0.29, 0.717) is 6.61 Å². The highest BCUT2D eigenvalue weighted by Crippen LogP contribution is 2.37. The van der Waals surface area contributed by atoms with Crippen LogP contribution in [0.5, 0.6) is 0 Å². The average Bonchev–Trinajstić information content (AvgIpc) is 2.69. The summed E-state index contributed by atoms with van der Waals surface area (Å²) < 4.78 is 12.5. The number of benzene rings is 3. The van der Waals surface area contributed by atoms with Gasteiger partial charge in [-0.25, -0.2) is 0 Å². The fourth-order valence-electron chi connectivity index (χ4n) is 3.26. The first-order valence-electron chi connectivity index (χ1n) is 8.34. The maximum atomic E-state index is 6.40. The summed E-state index contributed by atoms with van der Waals surface area (Å²) in [6.07, 6.45) is -0.0208. The zero-order chi connectivity index (χ0) is 16.2. The molecule has 0 amide bonds. The Bertz CT molecular complexity index is 762. The molecular weight excluding hydrogens is 295 g/mol. The van der Waals surface area contributed by atoms with Gasteiger partial charge in [0, 0.05) is 12.5 Å². The Hall–Kier alpha value is -2.36. The molecule has 0 radical (unpaired) electrons. The van der Waals surface area contributed by atoms with Crippen molar-refractivity contribution in [3.05, 3.63) is 102 Å². The van der Waals surface area contributed by atoms with Gasteiger partial charge < -0.3 is 9.31 Å². The van der Waals surface area contributed by atoms with Crippen molar-refractivity contribution in [2.24, 2.45) is 0 Å². The van der Waals surface area contributed by atoms with Crippen LogP contribution in [0.2, 0.25) is 0 Å². The van der Waals surface area contributed by atoms with Gasteiger partial charge in [-0.1, -0.05) is 91.0 Å². The fraction of sp³-hybridized carbons (Fsp3) is 0.143. The van der Waals surface area contributed by atoms with E-state index in [1.807, 2.05) is 30.3 Å². The minimum absolute atomic E-state index is 0.0208. The number of rotatable bonds is 3. The van der Waals surface area contributed by atoms with Crippen LogP contribution in [0.4, 0.5) is 0 Å². The van der Waals surface area contributed by atoms with Crippen molar-refractivity contribution in [1.82, 2.24) is 0 Å². The van der Waals surface area contributed by atoms with Crippen LogP contribution in [0.25, 0.3) is 0 Å². The molecule has 118 valence electrons. The normalized spacial score (nSPS) is 20.8. The monoisotopic (exact) mass is 314 g/mol. The molecule has 0 N–H and O–H groups in total. The Balaban J connectivity index is 1.67. The van der Waals surface area contributed by atoms with E-state index in [-0.39, 0.29) is 19.1 Å². The van der Waals surface area contributed by atoms with Gasteiger partial charge in [0.25, 0.3) is 0 Å². The van der Waals surface area contributed by atoms with Gasteiger partial charge in [0.1, 0.15) is 0 Å². The van der Waals surface area contributed by atoms with Crippen molar-refractivity contribution in [1.29, 1.82) is 0 Å². The van der Waals surface area contributed by atoms with Gasteiger partial charge >= 0.3 is 7.12 Å². The van der Waals surface area contributed by atoms with E-state index >= 15 is 0 Å². The zero-order valence-corrected chi connectivity index (χ0v) is 13.4. The van der Waals surface area contributed by atoms with Crippen LogP contribution in [-0.4, -0.2) is 13.7 Å². The molecule has 0 saturated carbocycles. The fourth-order valence-corrected chi connectivity index (χ4v) is 3.26. The Morgan fingerprint density at radius 2 is 1.21 bits per heavy atom. The van der Waals surface area contributed by atoms with Crippen LogP contribution in [0.15, 0.2) is 91.0 Å². The summed E-state index contributed by atoms with van der Waals surface area (Å²) in [6.45, 7) is 0.642. The lowest BCUT2D eigenvalue weighted by molar-refractivity contribution is 0.0512. The van der Waals surface area contributed by atoms with E-state index in [0.717, 1.165) is 5.46 Å². The molecule has 24 heavy (non-hydrogen) atoms. The molecule has 4 rings (SSSR count). The summed E-state index contributed by atoms with van der Waals surface area (Å²) in [5, 5.41) is 0. The first-order valence-corrected chi connectivity index (χ1v) is 8.34. The number of hydrogen-bond donors (Lipinski definition) is 0. The summed E-state index contributed by atoms with van der Waals surface area (Å²) in [4.78, 5) is 0. The van der Waals surface area contributed by atoms with Crippen LogP contribution in [0, 0.1) is 0 Å². The van der Waals surface area contributed by atoms with Crippen LogP contribution < -0.4 is 5.46 Å². The Kier molecular flexibility index (Phi) is 4.45. The summed E-state index contributed by atoms with van der Waals surface area (Å²) in [6, 6.07) is 31.1. The van der Waals surface area contributed by atoms with E-state index < -0.39 is 0 Å². The molecule has 3 aromatic rings. The Morgan fingerprint density at radius 1 is 0.667 bits per heavy atom. The topological polar surface area (TPSA) is 18.5 Å². The highest BCUT2D eigenvalue weighted by atomic mass is 16.6. The van der Waals surface area contributed by atoms with Gasteiger partial charge in [0.2, 0.25) is 0 Å². The molecular formula is C21H19BO2. The standard InChI is InChI=1S/C21H19BO2/c1-4-10-17(11-5-1)20-16-23-22(19-14-8-3-9-15-19)24-21(20)18-12-6-2-7-13-18/h1-15,20-21H,16H2/t20-,21+/m0/s1. The van der Waals surface area contributed by atoms with Gasteiger partial charge in [-0.3, -0.25) is 0 Å². The third kappa shape index (κ3) is 3.14. The molecule has 1 aliphatic rings. The third-order valence-electron chi connectivity index (χ3n) is 4.49. The van der Waals surface area contributed by atoms with E-state index in [4.69, 9.17) is 9.31 Å². The van der Waals surface area contributed by atoms with E-state index in [1.165, 1.54) is 11.1 Å². The average molecular weight is 314 g/mol. The minimum atomic E-state index is -0.323. The second kappa shape index (κ2) is 7.04. The molecule has 1 heterocycles. The van der Waals surface area contributed by atoms with Gasteiger partial charge in [0.05, 0.1) is 6.10 Å². The molecule has 0 spiro atoms. The summed E-state index contributed by atoms with van der Waals surface area (Å²) >= 11 is 0. The van der Waals surface area contributed by atoms with Gasteiger partial charge in [-0.2, -0.15) is 0 Å². The van der Waals surface area contributed by atoms with Crippen molar-refractivity contribution in [3.8, 4) is 0 Å². The first-order chi connectivity index (χ1) is 11.9. The summed E-state index contributed by atoms with van der Waals surface area (Å²) in [5.41, 5.74) is 3.50. The smallest absolute Gasteiger partial charge is 0.407 e. The lowest BCUT2D eigenvalue weighted by atomic mass is 9.75. The molecule has 1 aliphatic heterocycles. The van der Waals surface area contributed by atoms with Gasteiger partial charge in [-0.05, 0) is 16.6 Å². The maximum Gasteiger partial charge on any atom is 0.494 e. The summed E-state index contributed by atoms with van der Waals surface area (Å²) in [7, 11) is -0.323. The zero-order valence-electron chi connectivity index (χ0n) is 13.4. The molecule has 0 aliphatic carbocycles. The SMILES string of the molecule is c1ccc(B2OC[C@@H](c3ccccc3)[C@@H](c3ccccc3)O2)cc1. The second-order valence-corrected chi connectivity index (χ2v) is 6.06. The molecule has 2 atom stereocenters. The van der Waals surface area contributed by atoms with Gasteiger partial charge in [0.15, 0.2) is 0 Å². The molecule has 0 bridgehead atoms. The predicted octanol–water partition coefficient (Wildman–Crippen LogP) is 3.95. The quantitative estimate of drug-likeness (QED) is 0.682. The van der Waals surface area contributed by atoms with E-state index in [9.17, 15) is 0 Å². The molecule has 2 nitrogen and oxygen atoms in total. The van der Waals surface area contributed by atoms with Crippen LogP contribution in [0.3, 0.4) is 0 Å². The van der Waals surface area contributed by atoms with E-state index in [1.54, 1.807) is 0 Å². The van der Waals surface area contributed by atoms with Crippen molar-refractivity contribution in [2.75, 3.05) is 6.61 Å². The molecule has 1 saturated heterocycles. The third-order valence-corrected chi connectivity index (χ3v) is 4.49. The highest BCUT2D eigenvalue weighted by molar-refractivity contribution is 6.61. The van der Waals surface area contributed by atoms with Crippen LogP contribution in [0.1, 0.15) is 23.1 Å². The summed E-state index contributed by atoms with van der Waals surface area (Å²) in [5.74, 6) is 0.188. The molecule has 0 unspecified atom stereocenters. The first kappa shape index (κ1) is 15.2. The van der Waals surface area contributed by atoms with Crippen LogP contribution in [-0.2, 0) is 9.31 Å². The second-order valence-electron chi connectivity index (χ2n) is 6.06. The van der Waals surface area contributed by atoms with Gasteiger partial charge in [-0.15, -0.1) is 0 Å². The molecule has 0 aromatic heterocycles. The lowest BCUT2D eigenvalue weighted by Crippen LogP contribution is -2.44. The van der Waals surface area contributed by atoms with Crippen LogP contribution >= 0.6 is 0 Å². The Morgan fingerprint density at radius 3 is 1.83 bits per heavy atom. The maximum absolute atomic E-state index is 6.40. The van der Waals surface area contributed by atoms with Crippen molar-refractivity contribution < 1.29 is 9.31 Å². The highest BCUT2D eigenvalue weighted by Gasteiger charge is 2.37. The number of hydrogen-bond acceptors (Lipinski definition) is 2.